The van der Waals surface area contributed by atoms with Crippen LogP contribution in [0, 0.1) is 12.8 Å². The Kier molecular flexibility index (Phi) is 4.83. The summed E-state index contributed by atoms with van der Waals surface area (Å²) in [5.74, 6) is 1.38. The quantitative estimate of drug-likeness (QED) is 0.664. The highest BCUT2D eigenvalue weighted by atomic mass is 35.5. The highest BCUT2D eigenvalue weighted by Gasteiger charge is 2.20. The van der Waals surface area contributed by atoms with Crippen molar-refractivity contribution in [3.63, 3.8) is 0 Å². The maximum Gasteiger partial charge on any atom is 0.273 e. The second-order valence-corrected chi connectivity index (χ2v) is 7.39. The van der Waals surface area contributed by atoms with Crippen LogP contribution in [0.5, 0.6) is 5.75 Å². The fraction of sp³-hybridized carbons (Fsp3) is 0.400. The summed E-state index contributed by atoms with van der Waals surface area (Å²) in [4.78, 5) is 26.0. The smallest absolute Gasteiger partial charge is 0.273 e. The molecule has 6 nitrogen and oxygen atoms in total. The van der Waals surface area contributed by atoms with E-state index in [9.17, 15) is 4.79 Å². The number of fused-ring (bicyclic) bond motifs is 1. The van der Waals surface area contributed by atoms with E-state index in [1.54, 1.807) is 24.7 Å². The van der Waals surface area contributed by atoms with Crippen LogP contribution in [0.15, 0.2) is 29.3 Å². The van der Waals surface area contributed by atoms with E-state index in [-0.39, 0.29) is 5.56 Å². The van der Waals surface area contributed by atoms with Crippen LogP contribution in [0.1, 0.15) is 31.4 Å². The number of methoxy groups -OCH3 is 1. The van der Waals surface area contributed by atoms with Gasteiger partial charge in [-0.25, -0.2) is 15.0 Å². The summed E-state index contributed by atoms with van der Waals surface area (Å²) >= 11 is 6.45. The molecule has 4 rings (SSSR count). The van der Waals surface area contributed by atoms with Crippen molar-refractivity contribution >= 4 is 22.8 Å². The lowest BCUT2D eigenvalue weighted by molar-refractivity contribution is 0.282. The first kappa shape index (κ1) is 17.9. The van der Waals surface area contributed by atoms with E-state index in [1.165, 1.54) is 25.6 Å². The lowest BCUT2D eigenvalue weighted by Crippen LogP contribution is -2.27. The van der Waals surface area contributed by atoms with Crippen LogP contribution >= 0.6 is 11.6 Å². The Labute approximate surface area is 162 Å². The van der Waals surface area contributed by atoms with Crippen molar-refractivity contribution in [3.8, 4) is 17.0 Å². The third kappa shape index (κ3) is 3.30. The second-order valence-electron chi connectivity index (χ2n) is 6.98. The Balaban J connectivity index is 1.85. The lowest BCUT2D eigenvalue weighted by atomic mass is 9.83. The minimum Gasteiger partial charge on any atom is -0.497 e. The zero-order valence-electron chi connectivity index (χ0n) is 15.4. The summed E-state index contributed by atoms with van der Waals surface area (Å²) in [6.45, 7) is 2.38. The highest BCUT2D eigenvalue weighted by Crippen LogP contribution is 2.33. The predicted octanol–water partition coefficient (Wildman–Crippen LogP) is 4.01. The molecule has 140 valence electrons. The van der Waals surface area contributed by atoms with Crippen molar-refractivity contribution in [1.82, 2.24) is 19.5 Å². The second kappa shape index (κ2) is 7.27. The molecule has 7 heteroatoms. The van der Waals surface area contributed by atoms with E-state index < -0.39 is 0 Å². The molecule has 2 aromatic heterocycles. The Morgan fingerprint density at radius 2 is 2.11 bits per heavy atom. The van der Waals surface area contributed by atoms with E-state index in [0.29, 0.717) is 45.8 Å². The summed E-state index contributed by atoms with van der Waals surface area (Å²) in [5, 5.41) is 0.515. The van der Waals surface area contributed by atoms with Crippen LogP contribution in [0.4, 0.5) is 0 Å². The van der Waals surface area contributed by atoms with Gasteiger partial charge in [-0.1, -0.05) is 30.9 Å². The van der Waals surface area contributed by atoms with E-state index in [2.05, 4.69) is 15.0 Å². The minimum absolute atomic E-state index is 0.0905. The summed E-state index contributed by atoms with van der Waals surface area (Å²) in [6, 6.07) is 5.42. The van der Waals surface area contributed by atoms with Gasteiger partial charge in [0.05, 0.1) is 12.1 Å². The van der Waals surface area contributed by atoms with E-state index in [1.807, 2.05) is 12.1 Å². The zero-order chi connectivity index (χ0) is 19.0. The Morgan fingerprint density at radius 1 is 1.30 bits per heavy atom. The first-order chi connectivity index (χ1) is 13.1. The van der Waals surface area contributed by atoms with Crippen LogP contribution in [0.25, 0.3) is 22.4 Å². The Morgan fingerprint density at radius 3 is 2.78 bits per heavy atom. The maximum atomic E-state index is 12.7. The molecule has 0 bridgehead atoms. The molecule has 0 spiro atoms. The molecular formula is C20H21ClN4O2. The Hall–Kier alpha value is -2.47. The number of nitrogens with zero attached hydrogens (tertiary/aromatic N) is 4. The molecule has 0 radical (unpaired) electrons. The number of hydrogen-bond acceptors (Lipinski definition) is 5. The number of ether oxygens (including phenoxy) is 1. The lowest BCUT2D eigenvalue weighted by Gasteiger charge is -2.25. The molecule has 1 aliphatic carbocycles. The number of hydrogen-bond donors (Lipinski definition) is 0. The van der Waals surface area contributed by atoms with Gasteiger partial charge < -0.3 is 4.74 Å². The van der Waals surface area contributed by atoms with Crippen LogP contribution in [-0.4, -0.2) is 26.6 Å². The fourth-order valence-corrected chi connectivity index (χ4v) is 3.75. The first-order valence-electron chi connectivity index (χ1n) is 9.14. The van der Waals surface area contributed by atoms with Crippen LogP contribution in [0.2, 0.25) is 5.02 Å². The molecule has 3 aromatic rings. The summed E-state index contributed by atoms with van der Waals surface area (Å²) in [7, 11) is 1.59. The molecule has 0 amide bonds. The number of halogens is 1. The van der Waals surface area contributed by atoms with Gasteiger partial charge in [0, 0.05) is 12.1 Å². The van der Waals surface area contributed by atoms with Crippen molar-refractivity contribution < 1.29 is 4.74 Å². The molecule has 1 aromatic carbocycles. The molecule has 27 heavy (non-hydrogen) atoms. The van der Waals surface area contributed by atoms with Gasteiger partial charge in [-0.05, 0) is 37.5 Å². The summed E-state index contributed by atoms with van der Waals surface area (Å²) in [6.07, 6.45) is 6.24. The topological polar surface area (TPSA) is 69.9 Å². The molecule has 1 fully saturated rings. The molecule has 0 N–H and O–H groups in total. The van der Waals surface area contributed by atoms with Gasteiger partial charge in [0.25, 0.3) is 5.56 Å². The molecular weight excluding hydrogens is 364 g/mol. The number of benzene rings is 1. The molecule has 0 saturated heterocycles. The SMILES string of the molecule is COc1ccc(-c2ncnc3c2nc(C)c(=O)n3CCC2CCC2)c(Cl)c1. The van der Waals surface area contributed by atoms with E-state index >= 15 is 0 Å². The van der Waals surface area contributed by atoms with Gasteiger partial charge in [-0.3, -0.25) is 9.36 Å². The van der Waals surface area contributed by atoms with Crippen molar-refractivity contribution in [2.24, 2.45) is 5.92 Å². The highest BCUT2D eigenvalue weighted by molar-refractivity contribution is 6.33. The molecule has 0 atom stereocenters. The molecule has 0 unspecified atom stereocenters. The van der Waals surface area contributed by atoms with Crippen molar-refractivity contribution in [2.45, 2.75) is 39.2 Å². The molecule has 1 aliphatic rings. The van der Waals surface area contributed by atoms with Crippen molar-refractivity contribution in [2.75, 3.05) is 7.11 Å². The average Bonchev–Trinajstić information content (AvgIpc) is 2.63. The number of aromatic nitrogens is 4. The summed E-state index contributed by atoms with van der Waals surface area (Å²) in [5.41, 5.74) is 2.86. The van der Waals surface area contributed by atoms with Crippen LogP contribution < -0.4 is 10.3 Å². The van der Waals surface area contributed by atoms with Crippen molar-refractivity contribution in [1.29, 1.82) is 0 Å². The molecule has 0 aliphatic heterocycles. The van der Waals surface area contributed by atoms with Gasteiger partial charge in [0.15, 0.2) is 5.65 Å². The fourth-order valence-electron chi connectivity index (χ4n) is 3.49. The monoisotopic (exact) mass is 384 g/mol. The molecule has 2 heterocycles. The Bertz CT molecular complexity index is 1060. The van der Waals surface area contributed by atoms with E-state index in [4.69, 9.17) is 16.3 Å². The normalized spacial score (nSPS) is 14.3. The van der Waals surface area contributed by atoms with E-state index in [0.717, 1.165) is 12.0 Å². The first-order valence-corrected chi connectivity index (χ1v) is 9.52. The average molecular weight is 385 g/mol. The van der Waals surface area contributed by atoms with Gasteiger partial charge in [-0.2, -0.15) is 0 Å². The van der Waals surface area contributed by atoms with Gasteiger partial charge >= 0.3 is 0 Å². The largest absolute Gasteiger partial charge is 0.497 e. The van der Waals surface area contributed by atoms with Gasteiger partial charge in [-0.15, -0.1) is 0 Å². The number of aryl methyl sites for hydroxylation is 2. The maximum absolute atomic E-state index is 12.7. The van der Waals surface area contributed by atoms with Gasteiger partial charge in [0.1, 0.15) is 29.0 Å². The van der Waals surface area contributed by atoms with Crippen molar-refractivity contribution in [3.05, 3.63) is 45.6 Å². The predicted molar refractivity (Wildman–Crippen MR) is 105 cm³/mol. The van der Waals surface area contributed by atoms with Gasteiger partial charge in [0.2, 0.25) is 0 Å². The number of rotatable bonds is 5. The van der Waals surface area contributed by atoms with Crippen LogP contribution in [-0.2, 0) is 6.54 Å². The third-order valence-corrected chi connectivity index (χ3v) is 5.62. The third-order valence-electron chi connectivity index (χ3n) is 5.31. The van der Waals surface area contributed by atoms with Crippen LogP contribution in [0.3, 0.4) is 0 Å². The molecule has 1 saturated carbocycles. The zero-order valence-corrected chi connectivity index (χ0v) is 16.2. The minimum atomic E-state index is -0.0905. The summed E-state index contributed by atoms with van der Waals surface area (Å²) < 4.78 is 6.95. The standard InChI is InChI=1S/C20H21ClN4O2/c1-12-20(26)25(9-8-13-4-3-5-13)19-18(24-12)17(22-11-23-19)15-7-6-14(27-2)10-16(15)21/h6-7,10-11,13H,3-5,8-9H2,1-2H3.